The number of benzodiazepines with no additional fused rings is 1. The van der Waals surface area contributed by atoms with Crippen LogP contribution in [-0.4, -0.2) is 44.6 Å². The standard InChI is InChI=1S/C16H19F3N4O/c1-22-13-8-12(3-2-10(13)9-21-14(20)15(22)24)23-6-4-11(5-7-23)16(17,18)19/h2-3,8-9,11,14H,4-7,20H2,1H3. The molecule has 1 aromatic carbocycles. The average molecular weight is 340 g/mol. The zero-order valence-electron chi connectivity index (χ0n) is 13.3. The number of nitrogens with two attached hydrogens (primary N) is 1. The van der Waals surface area contributed by atoms with E-state index < -0.39 is 18.3 Å². The van der Waals surface area contributed by atoms with Crippen LogP contribution in [0.15, 0.2) is 23.2 Å². The molecule has 0 radical (unpaired) electrons. The van der Waals surface area contributed by atoms with E-state index in [2.05, 4.69) is 4.99 Å². The lowest BCUT2D eigenvalue weighted by Crippen LogP contribution is -2.40. The summed E-state index contributed by atoms with van der Waals surface area (Å²) in [6.45, 7) is 0.683. The molecule has 3 rings (SSSR count). The van der Waals surface area contributed by atoms with Crippen molar-refractivity contribution in [1.82, 2.24) is 0 Å². The predicted octanol–water partition coefficient (Wildman–Crippen LogP) is 2.15. The van der Waals surface area contributed by atoms with E-state index in [1.165, 1.54) is 4.90 Å². The van der Waals surface area contributed by atoms with Gasteiger partial charge in [-0.1, -0.05) is 0 Å². The molecule has 2 aliphatic rings. The molecule has 2 N–H and O–H groups in total. The minimum Gasteiger partial charge on any atom is -0.371 e. The highest BCUT2D eigenvalue weighted by Crippen LogP contribution is 2.36. The normalized spacial score (nSPS) is 22.5. The van der Waals surface area contributed by atoms with E-state index in [0.29, 0.717) is 18.8 Å². The number of hydrogen-bond acceptors (Lipinski definition) is 4. The van der Waals surface area contributed by atoms with Gasteiger partial charge in [0, 0.05) is 37.6 Å². The van der Waals surface area contributed by atoms with Gasteiger partial charge in [-0.15, -0.1) is 0 Å². The summed E-state index contributed by atoms with van der Waals surface area (Å²) >= 11 is 0. The first-order chi connectivity index (χ1) is 11.3. The first-order valence-corrected chi connectivity index (χ1v) is 7.79. The van der Waals surface area contributed by atoms with E-state index in [1.54, 1.807) is 13.3 Å². The number of fused-ring (bicyclic) bond motifs is 1. The predicted molar refractivity (Wildman–Crippen MR) is 86.4 cm³/mol. The third-order valence-electron chi connectivity index (χ3n) is 4.66. The molecule has 2 heterocycles. The Morgan fingerprint density at radius 3 is 2.54 bits per heavy atom. The number of benzene rings is 1. The van der Waals surface area contributed by atoms with Crippen LogP contribution in [0.5, 0.6) is 0 Å². The zero-order valence-corrected chi connectivity index (χ0v) is 13.3. The molecule has 5 nitrogen and oxygen atoms in total. The summed E-state index contributed by atoms with van der Waals surface area (Å²) in [5.74, 6) is -1.55. The highest BCUT2D eigenvalue weighted by atomic mass is 19.4. The maximum atomic E-state index is 12.8. The van der Waals surface area contributed by atoms with Crippen LogP contribution in [-0.2, 0) is 4.79 Å². The minimum atomic E-state index is -4.13. The molecule has 1 fully saturated rings. The minimum absolute atomic E-state index is 0.0850. The molecule has 0 aliphatic carbocycles. The van der Waals surface area contributed by atoms with Crippen molar-refractivity contribution < 1.29 is 18.0 Å². The van der Waals surface area contributed by atoms with Crippen molar-refractivity contribution in [3.8, 4) is 0 Å². The largest absolute Gasteiger partial charge is 0.391 e. The fourth-order valence-electron chi connectivity index (χ4n) is 3.13. The van der Waals surface area contributed by atoms with E-state index >= 15 is 0 Å². The number of aliphatic imine (C=N–C) groups is 1. The van der Waals surface area contributed by atoms with Crippen LogP contribution in [0.3, 0.4) is 0 Å². The van der Waals surface area contributed by atoms with Gasteiger partial charge in [-0.3, -0.25) is 9.79 Å². The Balaban J connectivity index is 1.81. The molecule has 8 heteroatoms. The fraction of sp³-hybridized carbons (Fsp3) is 0.500. The van der Waals surface area contributed by atoms with Crippen LogP contribution in [0.25, 0.3) is 0 Å². The van der Waals surface area contributed by atoms with Crippen LogP contribution in [0.2, 0.25) is 0 Å². The number of likely N-dealkylation sites (N-methyl/N-ethyl adjacent to an activating group) is 1. The molecule has 0 aromatic heterocycles. The van der Waals surface area contributed by atoms with E-state index in [9.17, 15) is 18.0 Å². The van der Waals surface area contributed by atoms with E-state index in [1.807, 2.05) is 23.1 Å². The third-order valence-corrected chi connectivity index (χ3v) is 4.66. The number of hydrogen-bond donors (Lipinski definition) is 1. The Morgan fingerprint density at radius 2 is 1.92 bits per heavy atom. The Labute approximate surface area is 137 Å². The van der Waals surface area contributed by atoms with Gasteiger partial charge < -0.3 is 15.5 Å². The number of rotatable bonds is 1. The molecule has 1 saturated heterocycles. The number of carbonyl (C=O) groups is 1. The number of halogens is 3. The average Bonchev–Trinajstić information content (AvgIpc) is 2.66. The van der Waals surface area contributed by atoms with Crippen molar-refractivity contribution in [2.45, 2.75) is 25.2 Å². The van der Waals surface area contributed by atoms with Gasteiger partial charge >= 0.3 is 6.18 Å². The fourth-order valence-corrected chi connectivity index (χ4v) is 3.13. The summed E-state index contributed by atoms with van der Waals surface area (Å²) < 4.78 is 38.3. The van der Waals surface area contributed by atoms with Gasteiger partial charge in [0.15, 0.2) is 6.17 Å². The molecule has 1 aromatic rings. The molecular formula is C16H19F3N4O. The maximum Gasteiger partial charge on any atom is 0.391 e. The molecule has 1 amide bonds. The second-order valence-corrected chi connectivity index (χ2v) is 6.17. The Kier molecular flexibility index (Phi) is 4.25. The van der Waals surface area contributed by atoms with Crippen molar-refractivity contribution in [2.75, 3.05) is 29.9 Å². The smallest absolute Gasteiger partial charge is 0.371 e. The molecule has 0 saturated carbocycles. The molecule has 2 aliphatic heterocycles. The van der Waals surface area contributed by atoms with Crippen LogP contribution in [0.4, 0.5) is 24.5 Å². The molecule has 24 heavy (non-hydrogen) atoms. The van der Waals surface area contributed by atoms with Crippen molar-refractivity contribution in [1.29, 1.82) is 0 Å². The number of amides is 1. The molecule has 0 bridgehead atoms. The van der Waals surface area contributed by atoms with Crippen LogP contribution >= 0.6 is 0 Å². The number of carbonyl (C=O) groups excluding carboxylic acids is 1. The molecule has 130 valence electrons. The van der Waals surface area contributed by atoms with Crippen LogP contribution in [0, 0.1) is 5.92 Å². The number of piperidine rings is 1. The highest BCUT2D eigenvalue weighted by Gasteiger charge is 2.41. The Morgan fingerprint density at radius 1 is 1.25 bits per heavy atom. The van der Waals surface area contributed by atoms with Crippen molar-refractivity contribution in [3.63, 3.8) is 0 Å². The maximum absolute atomic E-state index is 12.8. The lowest BCUT2D eigenvalue weighted by atomic mass is 9.96. The van der Waals surface area contributed by atoms with Gasteiger partial charge in [-0.25, -0.2) is 0 Å². The van der Waals surface area contributed by atoms with Crippen LogP contribution < -0.4 is 15.5 Å². The first kappa shape index (κ1) is 16.8. The Bertz CT molecular complexity index is 666. The molecular weight excluding hydrogens is 321 g/mol. The number of anilines is 2. The lowest BCUT2D eigenvalue weighted by Gasteiger charge is -2.35. The van der Waals surface area contributed by atoms with Gasteiger partial charge in [0.1, 0.15) is 0 Å². The second-order valence-electron chi connectivity index (χ2n) is 6.17. The molecule has 1 atom stereocenters. The monoisotopic (exact) mass is 340 g/mol. The highest BCUT2D eigenvalue weighted by molar-refractivity contribution is 6.05. The van der Waals surface area contributed by atoms with Crippen molar-refractivity contribution >= 4 is 23.5 Å². The van der Waals surface area contributed by atoms with Gasteiger partial charge in [-0.05, 0) is 31.0 Å². The zero-order chi connectivity index (χ0) is 17.5. The van der Waals surface area contributed by atoms with Gasteiger partial charge in [-0.2, -0.15) is 13.2 Å². The van der Waals surface area contributed by atoms with E-state index in [4.69, 9.17) is 5.73 Å². The van der Waals surface area contributed by atoms with Gasteiger partial charge in [0.05, 0.1) is 11.6 Å². The summed E-state index contributed by atoms with van der Waals surface area (Å²) in [5.41, 5.74) is 7.90. The van der Waals surface area contributed by atoms with Crippen molar-refractivity contribution in [2.24, 2.45) is 16.6 Å². The summed E-state index contributed by atoms with van der Waals surface area (Å²) in [5, 5.41) is 0. The number of alkyl halides is 3. The van der Waals surface area contributed by atoms with E-state index in [0.717, 1.165) is 11.3 Å². The molecule has 1 unspecified atom stereocenters. The first-order valence-electron chi connectivity index (χ1n) is 7.79. The quantitative estimate of drug-likeness (QED) is 0.852. The lowest BCUT2D eigenvalue weighted by molar-refractivity contribution is -0.179. The van der Waals surface area contributed by atoms with Gasteiger partial charge in [0.2, 0.25) is 0 Å². The third kappa shape index (κ3) is 3.10. The Hall–Kier alpha value is -2.09. The summed E-state index contributed by atoms with van der Waals surface area (Å²) in [6, 6.07) is 5.46. The van der Waals surface area contributed by atoms with Gasteiger partial charge in [0.25, 0.3) is 5.91 Å². The molecule has 0 spiro atoms. The topological polar surface area (TPSA) is 61.9 Å². The number of nitrogens with zero attached hydrogens (tertiary/aromatic N) is 3. The summed E-state index contributed by atoms with van der Waals surface area (Å²) in [6.07, 6.45) is -3.34. The SMILES string of the molecule is CN1C(=O)C(N)N=Cc2ccc(N3CCC(C(F)(F)F)CC3)cc21. The summed E-state index contributed by atoms with van der Waals surface area (Å²) in [7, 11) is 1.62. The van der Waals surface area contributed by atoms with Crippen molar-refractivity contribution in [3.05, 3.63) is 23.8 Å². The van der Waals surface area contributed by atoms with Crippen LogP contribution in [0.1, 0.15) is 18.4 Å². The summed E-state index contributed by atoms with van der Waals surface area (Å²) in [4.78, 5) is 19.5. The van der Waals surface area contributed by atoms with E-state index in [-0.39, 0.29) is 18.7 Å². The second kappa shape index (κ2) is 6.08.